The monoisotopic (exact) mass is 503 g/mol. The molecule has 0 spiro atoms. The van der Waals surface area contributed by atoms with Gasteiger partial charge in [-0.15, -0.1) is 0 Å². The summed E-state index contributed by atoms with van der Waals surface area (Å²) in [6, 6.07) is 19.2. The van der Waals surface area contributed by atoms with Crippen LogP contribution in [-0.2, 0) is 34.1 Å². The number of ether oxygens (including phenoxy) is 1. The molecule has 0 aliphatic heterocycles. The largest absolute Gasteiger partial charge is 0.425 e. The third-order valence-electron chi connectivity index (χ3n) is 6.36. The number of carbonyl (C=O) groups is 1. The van der Waals surface area contributed by atoms with Crippen molar-refractivity contribution in [2.24, 2.45) is 0 Å². The first-order chi connectivity index (χ1) is 17.3. The second kappa shape index (κ2) is 9.72. The van der Waals surface area contributed by atoms with Gasteiger partial charge in [0, 0.05) is 17.0 Å². The molecule has 4 aromatic rings. The number of carbonyl (C=O) groups excluding carboxylic acids is 1. The molecule has 1 atom stereocenters. The van der Waals surface area contributed by atoms with E-state index in [2.05, 4.69) is 4.72 Å². The molecule has 1 heterocycles. The Kier molecular flexibility index (Phi) is 6.47. The predicted molar refractivity (Wildman–Crippen MR) is 136 cm³/mol. The molecule has 8 heteroatoms. The summed E-state index contributed by atoms with van der Waals surface area (Å²) in [4.78, 5) is 25.6. The van der Waals surface area contributed by atoms with Crippen LogP contribution in [0.3, 0.4) is 0 Å². The first kappa shape index (κ1) is 24.0. The van der Waals surface area contributed by atoms with E-state index in [1.807, 2.05) is 37.3 Å². The summed E-state index contributed by atoms with van der Waals surface area (Å²) in [6.45, 7) is 1.86. The Morgan fingerprint density at radius 3 is 2.47 bits per heavy atom. The van der Waals surface area contributed by atoms with Gasteiger partial charge < -0.3 is 9.15 Å². The fourth-order valence-corrected chi connectivity index (χ4v) is 5.70. The van der Waals surface area contributed by atoms with E-state index in [0.29, 0.717) is 17.6 Å². The molecule has 0 fully saturated rings. The van der Waals surface area contributed by atoms with Gasteiger partial charge in [0.15, 0.2) is 0 Å². The lowest BCUT2D eigenvalue weighted by Crippen LogP contribution is -2.44. The fourth-order valence-electron chi connectivity index (χ4n) is 4.51. The number of nitrogens with one attached hydrogen (secondary N) is 1. The Balaban J connectivity index is 1.43. The SMILES string of the molecule is Cc1ccc(S(=O)(=O)NC(Cc2ccccc2)C(=O)Oc2ccc3c4c(c(=O)oc3c2)CCC4)cc1. The summed E-state index contributed by atoms with van der Waals surface area (Å²) < 4.78 is 39.7. The smallest absolute Gasteiger partial charge is 0.339 e. The van der Waals surface area contributed by atoms with Gasteiger partial charge in [-0.05, 0) is 68.0 Å². The zero-order valence-electron chi connectivity index (χ0n) is 19.7. The summed E-state index contributed by atoms with van der Waals surface area (Å²) >= 11 is 0. The van der Waals surface area contributed by atoms with Gasteiger partial charge in [0.05, 0.1) is 4.90 Å². The highest BCUT2D eigenvalue weighted by Crippen LogP contribution is 2.30. The Morgan fingerprint density at radius 2 is 1.72 bits per heavy atom. The van der Waals surface area contributed by atoms with Crippen LogP contribution in [0.5, 0.6) is 5.75 Å². The van der Waals surface area contributed by atoms with E-state index in [0.717, 1.165) is 34.9 Å². The van der Waals surface area contributed by atoms with E-state index in [9.17, 15) is 18.0 Å². The third-order valence-corrected chi connectivity index (χ3v) is 7.85. The number of fused-ring (bicyclic) bond motifs is 3. The molecule has 36 heavy (non-hydrogen) atoms. The molecule has 0 saturated carbocycles. The van der Waals surface area contributed by atoms with Crippen molar-refractivity contribution in [3.05, 3.63) is 105 Å². The molecule has 0 radical (unpaired) electrons. The van der Waals surface area contributed by atoms with E-state index in [1.165, 1.54) is 18.2 Å². The van der Waals surface area contributed by atoms with Crippen LogP contribution < -0.4 is 15.1 Å². The van der Waals surface area contributed by atoms with Crippen molar-refractivity contribution >= 4 is 27.0 Å². The van der Waals surface area contributed by atoms with Gasteiger partial charge in [0.25, 0.3) is 0 Å². The Labute approximate surface area is 208 Å². The van der Waals surface area contributed by atoms with E-state index < -0.39 is 22.0 Å². The lowest BCUT2D eigenvalue weighted by Gasteiger charge is -2.18. The number of esters is 1. The summed E-state index contributed by atoms with van der Waals surface area (Å²) in [5, 5.41) is 0.822. The molecule has 3 aromatic carbocycles. The summed E-state index contributed by atoms with van der Waals surface area (Å²) in [5.41, 5.74) is 3.35. The molecule has 0 saturated heterocycles. The third kappa shape index (κ3) is 4.96. The maximum atomic E-state index is 13.2. The molecular formula is C28H25NO6S. The van der Waals surface area contributed by atoms with Crippen molar-refractivity contribution in [2.45, 2.75) is 43.5 Å². The molecule has 184 valence electrons. The zero-order valence-corrected chi connectivity index (χ0v) is 20.5. The summed E-state index contributed by atoms with van der Waals surface area (Å²) in [7, 11) is -3.99. The molecule has 1 aromatic heterocycles. The van der Waals surface area contributed by atoms with Crippen LogP contribution in [0.25, 0.3) is 11.0 Å². The van der Waals surface area contributed by atoms with Crippen LogP contribution in [0.2, 0.25) is 0 Å². The molecule has 1 aliphatic rings. The second-order valence-corrected chi connectivity index (χ2v) is 10.7. The molecule has 0 bridgehead atoms. The highest BCUT2D eigenvalue weighted by molar-refractivity contribution is 7.89. The number of sulfonamides is 1. The Morgan fingerprint density at radius 1 is 1.00 bits per heavy atom. The van der Waals surface area contributed by atoms with Gasteiger partial charge in [-0.1, -0.05) is 48.0 Å². The lowest BCUT2D eigenvalue weighted by molar-refractivity contribution is -0.136. The standard InChI is InChI=1S/C28H25NO6S/c1-18-10-13-21(14-11-18)36(32,33)29-25(16-19-6-3-2-4-7-19)28(31)34-20-12-15-23-22-8-5-9-24(22)27(30)35-26(23)17-20/h2-4,6-7,10-15,17,25,29H,5,8-9,16H2,1H3. The van der Waals surface area contributed by atoms with E-state index in [-0.39, 0.29) is 22.7 Å². The molecule has 1 N–H and O–H groups in total. The predicted octanol–water partition coefficient (Wildman–Crippen LogP) is 4.09. The average molecular weight is 504 g/mol. The van der Waals surface area contributed by atoms with Crippen LogP contribution in [0.1, 0.15) is 28.7 Å². The first-order valence-electron chi connectivity index (χ1n) is 11.7. The maximum absolute atomic E-state index is 13.2. The summed E-state index contributed by atoms with van der Waals surface area (Å²) in [6.07, 6.45) is 2.50. The number of benzene rings is 3. The average Bonchev–Trinajstić information content (AvgIpc) is 3.35. The van der Waals surface area contributed by atoms with E-state index >= 15 is 0 Å². The van der Waals surface area contributed by atoms with Crippen LogP contribution in [-0.4, -0.2) is 20.4 Å². The minimum absolute atomic E-state index is 0.0558. The maximum Gasteiger partial charge on any atom is 0.339 e. The van der Waals surface area contributed by atoms with Gasteiger partial charge in [-0.2, -0.15) is 4.72 Å². The van der Waals surface area contributed by atoms with Crippen LogP contribution in [0, 0.1) is 6.92 Å². The molecule has 1 aliphatic carbocycles. The van der Waals surface area contributed by atoms with Crippen molar-refractivity contribution < 1.29 is 22.4 Å². The fraction of sp³-hybridized carbons (Fsp3) is 0.214. The second-order valence-electron chi connectivity index (χ2n) is 8.96. The molecular weight excluding hydrogens is 478 g/mol. The Hall–Kier alpha value is -3.75. The van der Waals surface area contributed by atoms with E-state index in [4.69, 9.17) is 9.15 Å². The highest BCUT2D eigenvalue weighted by Gasteiger charge is 2.28. The topological polar surface area (TPSA) is 103 Å². The number of hydrogen-bond donors (Lipinski definition) is 1. The van der Waals surface area contributed by atoms with Gasteiger partial charge in [-0.25, -0.2) is 18.0 Å². The number of aryl methyl sites for hydroxylation is 2. The van der Waals surface area contributed by atoms with Crippen molar-refractivity contribution in [2.75, 3.05) is 0 Å². The van der Waals surface area contributed by atoms with Gasteiger partial charge in [0.1, 0.15) is 17.4 Å². The zero-order chi connectivity index (χ0) is 25.3. The lowest BCUT2D eigenvalue weighted by atomic mass is 10.1. The van der Waals surface area contributed by atoms with Crippen molar-refractivity contribution in [3.8, 4) is 5.75 Å². The minimum atomic E-state index is -3.99. The Bertz CT molecular complexity index is 1590. The van der Waals surface area contributed by atoms with Crippen molar-refractivity contribution in [1.29, 1.82) is 0 Å². The first-order valence-corrected chi connectivity index (χ1v) is 13.2. The van der Waals surface area contributed by atoms with Gasteiger partial charge in [-0.3, -0.25) is 0 Å². The molecule has 7 nitrogen and oxygen atoms in total. The summed E-state index contributed by atoms with van der Waals surface area (Å²) in [5.74, 6) is -0.599. The number of hydrogen-bond acceptors (Lipinski definition) is 6. The van der Waals surface area contributed by atoms with E-state index in [1.54, 1.807) is 24.3 Å². The van der Waals surface area contributed by atoms with Crippen LogP contribution in [0.4, 0.5) is 0 Å². The molecule has 0 amide bonds. The normalized spacial score (nSPS) is 13.9. The van der Waals surface area contributed by atoms with Crippen LogP contribution in [0.15, 0.2) is 86.9 Å². The minimum Gasteiger partial charge on any atom is -0.425 e. The highest BCUT2D eigenvalue weighted by atomic mass is 32.2. The van der Waals surface area contributed by atoms with Gasteiger partial charge >= 0.3 is 11.6 Å². The quantitative estimate of drug-likeness (QED) is 0.232. The molecule has 1 unspecified atom stereocenters. The number of rotatable bonds is 7. The molecule has 5 rings (SSSR count). The van der Waals surface area contributed by atoms with Gasteiger partial charge in [0.2, 0.25) is 10.0 Å². The van der Waals surface area contributed by atoms with Crippen molar-refractivity contribution in [3.63, 3.8) is 0 Å². The van der Waals surface area contributed by atoms with Crippen LogP contribution >= 0.6 is 0 Å². The van der Waals surface area contributed by atoms with Crippen molar-refractivity contribution in [1.82, 2.24) is 4.72 Å².